The van der Waals surface area contributed by atoms with Crippen LogP contribution in [-0.4, -0.2) is 13.2 Å². The maximum Gasteiger partial charge on any atom is 0.137 e. The van der Waals surface area contributed by atoms with Crippen LogP contribution in [0.1, 0.15) is 11.1 Å². The maximum atomic E-state index is 5.59. The van der Waals surface area contributed by atoms with Gasteiger partial charge >= 0.3 is 0 Å². The summed E-state index contributed by atoms with van der Waals surface area (Å²) in [5, 5.41) is 0. The fourth-order valence-electron chi connectivity index (χ4n) is 1.30. The van der Waals surface area contributed by atoms with Crippen LogP contribution in [0, 0.1) is 13.8 Å². The van der Waals surface area contributed by atoms with Crippen molar-refractivity contribution < 1.29 is 10.5 Å². The minimum Gasteiger partial charge on any atom is -0.487 e. The lowest BCUT2D eigenvalue weighted by molar-refractivity contribution is -0.370. The molecule has 0 heterocycles. The van der Waals surface area contributed by atoms with Crippen molar-refractivity contribution in [3.05, 3.63) is 27.7 Å². The number of aryl methyl sites for hydroxylation is 2. The third-order valence-electron chi connectivity index (χ3n) is 1.82. The third-order valence-corrected chi connectivity index (χ3v) is 2.27. The van der Waals surface area contributed by atoms with Crippen molar-refractivity contribution in [1.82, 2.24) is 0 Å². The van der Waals surface area contributed by atoms with Crippen molar-refractivity contribution in [2.75, 3.05) is 13.2 Å². The van der Waals surface area contributed by atoms with Gasteiger partial charge in [0.15, 0.2) is 0 Å². The molecule has 0 aliphatic rings. The first-order valence-electron chi connectivity index (χ1n) is 4.34. The van der Waals surface area contributed by atoms with Crippen LogP contribution in [0.3, 0.4) is 0 Å². The molecule has 3 N–H and O–H groups in total. The largest absolute Gasteiger partial charge is 0.487 e. The topological polar surface area (TPSA) is 36.9 Å². The monoisotopic (exact) mass is 244 g/mol. The number of halogens is 1. The first kappa shape index (κ1) is 10.5. The van der Waals surface area contributed by atoms with Gasteiger partial charge in [0.2, 0.25) is 0 Å². The summed E-state index contributed by atoms with van der Waals surface area (Å²) in [7, 11) is 0. The van der Waals surface area contributed by atoms with Gasteiger partial charge in [-0.3, -0.25) is 0 Å². The number of rotatable bonds is 3. The van der Waals surface area contributed by atoms with Crippen molar-refractivity contribution in [3.8, 4) is 5.75 Å². The molecule has 13 heavy (non-hydrogen) atoms. The first-order chi connectivity index (χ1) is 6.15. The highest BCUT2D eigenvalue weighted by Crippen LogP contribution is 2.26. The smallest absolute Gasteiger partial charge is 0.137 e. The van der Waals surface area contributed by atoms with Crippen LogP contribution in [0.15, 0.2) is 16.6 Å². The van der Waals surface area contributed by atoms with Gasteiger partial charge in [-0.1, -0.05) is 15.9 Å². The van der Waals surface area contributed by atoms with Gasteiger partial charge in [-0.2, -0.15) is 0 Å². The lowest BCUT2D eigenvalue weighted by Crippen LogP contribution is -2.52. The Labute approximate surface area is 87.2 Å². The summed E-state index contributed by atoms with van der Waals surface area (Å²) in [6, 6.07) is 4.12. The quantitative estimate of drug-likeness (QED) is 0.864. The van der Waals surface area contributed by atoms with Crippen molar-refractivity contribution in [2.45, 2.75) is 13.8 Å². The van der Waals surface area contributed by atoms with Gasteiger partial charge in [0.05, 0.1) is 0 Å². The Balaban J connectivity index is 2.92. The van der Waals surface area contributed by atoms with E-state index in [0.717, 1.165) is 16.8 Å². The van der Waals surface area contributed by atoms with Crippen LogP contribution in [0.25, 0.3) is 0 Å². The number of hydrogen-bond donors (Lipinski definition) is 1. The van der Waals surface area contributed by atoms with E-state index >= 15 is 0 Å². The molecule has 0 saturated heterocycles. The normalized spacial score (nSPS) is 10.2. The minimum atomic E-state index is 0.684. The number of quaternary nitrogens is 1. The van der Waals surface area contributed by atoms with Gasteiger partial charge in [0, 0.05) is 4.47 Å². The molecule has 72 valence electrons. The van der Waals surface area contributed by atoms with Gasteiger partial charge in [0.25, 0.3) is 0 Å². The van der Waals surface area contributed by atoms with Crippen LogP contribution in [0.5, 0.6) is 5.75 Å². The molecule has 2 nitrogen and oxygen atoms in total. The Bertz CT molecular complexity index is 276. The zero-order valence-corrected chi connectivity index (χ0v) is 9.65. The average Bonchev–Trinajstić information content (AvgIpc) is 2.02. The fourth-order valence-corrected chi connectivity index (χ4v) is 1.99. The first-order valence-corrected chi connectivity index (χ1v) is 5.13. The Morgan fingerprint density at radius 3 is 2.31 bits per heavy atom. The van der Waals surface area contributed by atoms with Gasteiger partial charge in [0.1, 0.15) is 18.9 Å². The predicted octanol–water partition coefficient (Wildman–Crippen LogP) is 1.69. The predicted molar refractivity (Wildman–Crippen MR) is 56.9 cm³/mol. The van der Waals surface area contributed by atoms with E-state index in [1.165, 1.54) is 11.1 Å². The zero-order chi connectivity index (χ0) is 9.84. The van der Waals surface area contributed by atoms with Crippen molar-refractivity contribution in [3.63, 3.8) is 0 Å². The van der Waals surface area contributed by atoms with Crippen LogP contribution in [0.2, 0.25) is 0 Å². The summed E-state index contributed by atoms with van der Waals surface area (Å²) in [6.45, 7) is 5.59. The Hall–Kier alpha value is -0.540. The second-order valence-electron chi connectivity index (χ2n) is 3.07. The minimum absolute atomic E-state index is 0.684. The van der Waals surface area contributed by atoms with E-state index in [4.69, 9.17) is 4.74 Å². The van der Waals surface area contributed by atoms with Gasteiger partial charge in [-0.05, 0) is 37.1 Å². The molecule has 0 amide bonds. The van der Waals surface area contributed by atoms with Crippen molar-refractivity contribution >= 4 is 15.9 Å². The highest BCUT2D eigenvalue weighted by molar-refractivity contribution is 9.10. The van der Waals surface area contributed by atoms with Crippen molar-refractivity contribution in [1.29, 1.82) is 0 Å². The van der Waals surface area contributed by atoms with E-state index < -0.39 is 0 Å². The summed E-state index contributed by atoms with van der Waals surface area (Å²) < 4.78 is 6.69. The lowest BCUT2D eigenvalue weighted by Gasteiger charge is -2.10. The molecule has 3 heteroatoms. The maximum absolute atomic E-state index is 5.59. The molecule has 0 spiro atoms. The van der Waals surface area contributed by atoms with E-state index in [2.05, 4.69) is 47.6 Å². The van der Waals surface area contributed by atoms with Gasteiger partial charge in [-0.25, -0.2) is 0 Å². The van der Waals surface area contributed by atoms with E-state index in [9.17, 15) is 0 Å². The summed E-state index contributed by atoms with van der Waals surface area (Å²) in [4.78, 5) is 0. The molecule has 0 unspecified atom stereocenters. The van der Waals surface area contributed by atoms with E-state index in [1.807, 2.05) is 0 Å². The second-order valence-corrected chi connectivity index (χ2v) is 3.99. The highest BCUT2D eigenvalue weighted by atomic mass is 79.9. The standard InChI is InChI=1S/C10H14BrNO/c1-7-5-9(11)6-8(2)10(7)13-4-3-12/h5-6H,3-4,12H2,1-2H3/p+1. The number of ether oxygens (including phenoxy) is 1. The number of benzene rings is 1. The molecule has 0 aromatic heterocycles. The molecular weight excluding hydrogens is 230 g/mol. The summed E-state index contributed by atoms with van der Waals surface area (Å²) in [6.07, 6.45) is 0. The summed E-state index contributed by atoms with van der Waals surface area (Å²) >= 11 is 3.45. The van der Waals surface area contributed by atoms with Gasteiger partial charge in [-0.15, -0.1) is 0 Å². The fraction of sp³-hybridized carbons (Fsp3) is 0.400. The lowest BCUT2D eigenvalue weighted by atomic mass is 10.1. The summed E-state index contributed by atoms with van der Waals surface area (Å²) in [5.41, 5.74) is 6.08. The molecule has 1 rings (SSSR count). The molecule has 0 atom stereocenters. The van der Waals surface area contributed by atoms with E-state index in [0.29, 0.717) is 6.61 Å². The molecule has 0 radical (unpaired) electrons. The average molecular weight is 245 g/mol. The molecule has 0 bridgehead atoms. The highest BCUT2D eigenvalue weighted by Gasteiger charge is 2.04. The molecule has 0 aliphatic carbocycles. The second kappa shape index (κ2) is 4.63. The molecule has 0 saturated carbocycles. The Morgan fingerprint density at radius 1 is 1.31 bits per heavy atom. The van der Waals surface area contributed by atoms with Gasteiger partial charge < -0.3 is 10.5 Å². The molecule has 1 aromatic carbocycles. The van der Waals surface area contributed by atoms with Crippen LogP contribution in [-0.2, 0) is 0 Å². The van der Waals surface area contributed by atoms with Crippen LogP contribution in [0.4, 0.5) is 0 Å². The van der Waals surface area contributed by atoms with E-state index in [-0.39, 0.29) is 0 Å². The Morgan fingerprint density at radius 2 is 1.85 bits per heavy atom. The van der Waals surface area contributed by atoms with Crippen molar-refractivity contribution in [2.24, 2.45) is 0 Å². The number of hydrogen-bond acceptors (Lipinski definition) is 1. The third kappa shape index (κ3) is 2.71. The Kier molecular flexibility index (Phi) is 3.75. The molecule has 0 aliphatic heterocycles. The van der Waals surface area contributed by atoms with E-state index in [1.54, 1.807) is 0 Å². The molecule has 1 aromatic rings. The molecular formula is C10H15BrNO+. The molecule has 0 fully saturated rings. The SMILES string of the molecule is Cc1cc(Br)cc(C)c1OCC[NH3+]. The van der Waals surface area contributed by atoms with Crippen LogP contribution >= 0.6 is 15.9 Å². The van der Waals surface area contributed by atoms with Crippen LogP contribution < -0.4 is 10.5 Å². The zero-order valence-electron chi connectivity index (χ0n) is 8.06. The summed E-state index contributed by atoms with van der Waals surface area (Å²) in [5.74, 6) is 0.992.